The van der Waals surface area contributed by atoms with E-state index in [2.05, 4.69) is 4.98 Å². The quantitative estimate of drug-likeness (QED) is 0.691. The van der Waals surface area contributed by atoms with E-state index in [1.54, 1.807) is 18.2 Å². The van der Waals surface area contributed by atoms with Crippen molar-refractivity contribution in [2.45, 2.75) is 20.0 Å². The van der Waals surface area contributed by atoms with E-state index in [0.29, 0.717) is 38.2 Å². The number of aldehydes is 1. The van der Waals surface area contributed by atoms with Crippen LogP contribution in [0, 0.1) is 0 Å². The highest BCUT2D eigenvalue weighted by Gasteiger charge is 2.24. The predicted molar refractivity (Wildman–Crippen MR) is 55.0 cm³/mol. The molecule has 6 nitrogen and oxygen atoms in total. The summed E-state index contributed by atoms with van der Waals surface area (Å²) in [6, 6.07) is 0. The second kappa shape index (κ2) is 4.34. The van der Waals surface area contributed by atoms with Gasteiger partial charge in [0.2, 0.25) is 0 Å². The number of amides is 1. The highest BCUT2D eigenvalue weighted by Crippen LogP contribution is 2.15. The van der Waals surface area contributed by atoms with Crippen LogP contribution in [0.4, 0.5) is 4.79 Å². The third kappa shape index (κ3) is 1.78. The molecule has 0 N–H and O–H groups in total. The third-order valence-corrected chi connectivity index (χ3v) is 2.57. The molecule has 0 saturated carbocycles. The minimum Gasteiger partial charge on any atom is -0.450 e. The Hall–Kier alpha value is -1.85. The summed E-state index contributed by atoms with van der Waals surface area (Å²) in [7, 11) is 0. The summed E-state index contributed by atoms with van der Waals surface area (Å²) in [5, 5.41) is 0. The molecule has 2 heterocycles. The Morgan fingerprint density at radius 3 is 3.12 bits per heavy atom. The molecule has 1 aliphatic rings. The first-order valence-electron chi connectivity index (χ1n) is 5.17. The van der Waals surface area contributed by atoms with Crippen molar-refractivity contribution in [1.29, 1.82) is 0 Å². The highest BCUT2D eigenvalue weighted by atomic mass is 16.6. The molecule has 0 bridgehead atoms. The zero-order valence-electron chi connectivity index (χ0n) is 9.05. The molecule has 0 atom stereocenters. The lowest BCUT2D eigenvalue weighted by molar-refractivity contribution is 0.0962. The van der Waals surface area contributed by atoms with E-state index in [9.17, 15) is 9.59 Å². The van der Waals surface area contributed by atoms with Gasteiger partial charge in [-0.25, -0.2) is 9.78 Å². The molecule has 0 aromatic carbocycles. The summed E-state index contributed by atoms with van der Waals surface area (Å²) >= 11 is 0. The van der Waals surface area contributed by atoms with Gasteiger partial charge in [0.25, 0.3) is 0 Å². The molecule has 1 aromatic rings. The molecule has 6 heteroatoms. The Labute approximate surface area is 92.8 Å². The van der Waals surface area contributed by atoms with Gasteiger partial charge in [0.15, 0.2) is 6.29 Å². The number of carbonyl (C=O) groups excluding carboxylic acids is 2. The van der Waals surface area contributed by atoms with Crippen molar-refractivity contribution in [2.75, 3.05) is 13.2 Å². The third-order valence-electron chi connectivity index (χ3n) is 2.57. The van der Waals surface area contributed by atoms with E-state index < -0.39 is 0 Å². The van der Waals surface area contributed by atoms with Gasteiger partial charge in [0, 0.05) is 13.1 Å². The van der Waals surface area contributed by atoms with Crippen LogP contribution in [0.2, 0.25) is 0 Å². The van der Waals surface area contributed by atoms with E-state index in [0.717, 1.165) is 5.69 Å². The lowest BCUT2D eigenvalue weighted by Gasteiger charge is -2.27. The van der Waals surface area contributed by atoms with E-state index in [4.69, 9.17) is 4.74 Å². The largest absolute Gasteiger partial charge is 0.450 e. The monoisotopic (exact) mass is 223 g/mol. The topological polar surface area (TPSA) is 64.4 Å². The summed E-state index contributed by atoms with van der Waals surface area (Å²) in [6.45, 7) is 3.74. The van der Waals surface area contributed by atoms with Crippen LogP contribution < -0.4 is 0 Å². The molecule has 86 valence electrons. The molecule has 16 heavy (non-hydrogen) atoms. The first kappa shape index (κ1) is 10.7. The van der Waals surface area contributed by atoms with Gasteiger partial charge in [-0.05, 0) is 6.92 Å². The first-order chi connectivity index (χ1) is 7.76. The highest BCUT2D eigenvalue weighted by molar-refractivity contribution is 5.74. The summed E-state index contributed by atoms with van der Waals surface area (Å²) in [6.07, 6.45) is 1.99. The number of aromatic nitrogens is 2. The Kier molecular flexibility index (Phi) is 2.89. The van der Waals surface area contributed by atoms with E-state index in [1.165, 1.54) is 0 Å². The predicted octanol–water partition coefficient (Wildman–Crippen LogP) is 0.668. The number of rotatable bonds is 2. The molecule has 0 saturated heterocycles. The van der Waals surface area contributed by atoms with Crippen molar-refractivity contribution in [2.24, 2.45) is 0 Å². The normalized spacial score (nSPS) is 14.4. The maximum Gasteiger partial charge on any atom is 0.410 e. The Bertz CT molecular complexity index is 413. The van der Waals surface area contributed by atoms with Crippen molar-refractivity contribution in [3.05, 3.63) is 17.7 Å². The first-order valence-corrected chi connectivity index (χ1v) is 5.17. The molecule has 1 aliphatic heterocycles. The number of carbonyl (C=O) groups is 2. The van der Waals surface area contributed by atoms with Crippen LogP contribution in [-0.4, -0.2) is 40.0 Å². The molecular formula is C10H13N3O3. The Morgan fingerprint density at radius 2 is 2.44 bits per heavy atom. The van der Waals surface area contributed by atoms with Crippen LogP contribution in [0.25, 0.3) is 0 Å². The molecule has 0 unspecified atom stereocenters. The molecular weight excluding hydrogens is 210 g/mol. The molecule has 1 aromatic heterocycles. The van der Waals surface area contributed by atoms with Gasteiger partial charge in [-0.1, -0.05) is 0 Å². The summed E-state index contributed by atoms with van der Waals surface area (Å²) in [5.74, 6) is 0. The van der Waals surface area contributed by atoms with Gasteiger partial charge in [-0.2, -0.15) is 0 Å². The van der Waals surface area contributed by atoms with E-state index in [1.807, 2.05) is 4.57 Å². The lowest BCUT2D eigenvalue weighted by Crippen LogP contribution is -2.38. The molecule has 2 rings (SSSR count). The van der Waals surface area contributed by atoms with Gasteiger partial charge >= 0.3 is 6.09 Å². The number of nitrogens with zero attached hydrogens (tertiary/aromatic N) is 3. The maximum absolute atomic E-state index is 11.5. The Balaban J connectivity index is 2.15. The second-order valence-electron chi connectivity index (χ2n) is 3.51. The van der Waals surface area contributed by atoms with Crippen LogP contribution in [0.1, 0.15) is 23.1 Å². The number of fused-ring (bicyclic) bond motifs is 1. The minimum atomic E-state index is -0.341. The van der Waals surface area contributed by atoms with Gasteiger partial charge < -0.3 is 14.2 Å². The fraction of sp³-hybridized carbons (Fsp3) is 0.500. The maximum atomic E-state index is 11.5. The molecule has 0 fully saturated rings. The van der Waals surface area contributed by atoms with Crippen molar-refractivity contribution < 1.29 is 14.3 Å². The number of hydrogen-bond donors (Lipinski definition) is 0. The van der Waals surface area contributed by atoms with Crippen molar-refractivity contribution in [3.8, 4) is 0 Å². The van der Waals surface area contributed by atoms with Crippen LogP contribution in [0.3, 0.4) is 0 Å². The van der Waals surface area contributed by atoms with Crippen LogP contribution in [-0.2, 0) is 17.8 Å². The van der Waals surface area contributed by atoms with Crippen molar-refractivity contribution in [3.63, 3.8) is 0 Å². The van der Waals surface area contributed by atoms with E-state index >= 15 is 0 Å². The molecule has 1 amide bonds. The van der Waals surface area contributed by atoms with Gasteiger partial charge in [-0.3, -0.25) is 4.79 Å². The van der Waals surface area contributed by atoms with Gasteiger partial charge in [0.05, 0.1) is 25.2 Å². The Morgan fingerprint density at radius 1 is 1.62 bits per heavy atom. The zero-order valence-corrected chi connectivity index (χ0v) is 9.05. The number of ether oxygens (including phenoxy) is 1. The van der Waals surface area contributed by atoms with Crippen LogP contribution in [0.5, 0.6) is 0 Å². The number of imidazole rings is 1. The molecule has 0 radical (unpaired) electrons. The second-order valence-corrected chi connectivity index (χ2v) is 3.51. The lowest BCUT2D eigenvalue weighted by atomic mass is 10.2. The minimum absolute atomic E-state index is 0.341. The zero-order chi connectivity index (χ0) is 11.5. The van der Waals surface area contributed by atoms with Gasteiger partial charge in [0.1, 0.15) is 5.69 Å². The molecule has 0 spiro atoms. The van der Waals surface area contributed by atoms with E-state index in [-0.39, 0.29) is 6.09 Å². The average molecular weight is 223 g/mol. The van der Waals surface area contributed by atoms with Crippen molar-refractivity contribution >= 4 is 12.4 Å². The van der Waals surface area contributed by atoms with Crippen LogP contribution >= 0.6 is 0 Å². The van der Waals surface area contributed by atoms with Crippen molar-refractivity contribution in [1.82, 2.24) is 14.5 Å². The fourth-order valence-corrected chi connectivity index (χ4v) is 1.75. The fourth-order valence-electron chi connectivity index (χ4n) is 1.75. The van der Waals surface area contributed by atoms with Gasteiger partial charge in [-0.15, -0.1) is 0 Å². The number of hydrogen-bond acceptors (Lipinski definition) is 4. The SMILES string of the molecule is CCOC(=O)N1CCn2cnc(C=O)c2C1. The molecule has 0 aliphatic carbocycles. The smallest absolute Gasteiger partial charge is 0.410 e. The van der Waals surface area contributed by atoms with Crippen LogP contribution in [0.15, 0.2) is 6.33 Å². The summed E-state index contributed by atoms with van der Waals surface area (Å²) in [5.41, 5.74) is 1.17. The summed E-state index contributed by atoms with van der Waals surface area (Å²) in [4.78, 5) is 27.8. The average Bonchev–Trinajstić information content (AvgIpc) is 2.71. The summed E-state index contributed by atoms with van der Waals surface area (Å²) < 4.78 is 6.80. The standard InChI is InChI=1S/C10H13N3O3/c1-2-16-10(15)12-3-4-13-7-11-8(6-14)9(13)5-12/h6-7H,2-5H2,1H3.